The van der Waals surface area contributed by atoms with E-state index in [9.17, 15) is 14.0 Å². The van der Waals surface area contributed by atoms with Crippen molar-refractivity contribution in [2.45, 2.75) is 6.61 Å². The first-order chi connectivity index (χ1) is 9.97. The third kappa shape index (κ3) is 3.88. The Bertz CT molecular complexity index is 686. The summed E-state index contributed by atoms with van der Waals surface area (Å²) in [7, 11) is 0. The van der Waals surface area contributed by atoms with Crippen LogP contribution < -0.4 is 5.73 Å². The van der Waals surface area contributed by atoms with Crippen molar-refractivity contribution < 1.29 is 18.7 Å². The molecule has 2 aromatic carbocycles. The van der Waals surface area contributed by atoms with Crippen molar-refractivity contribution in [3.05, 3.63) is 69.4 Å². The molecule has 1 amide bonds. The first-order valence-electron chi connectivity index (χ1n) is 5.98. The van der Waals surface area contributed by atoms with Gasteiger partial charge in [0.05, 0.1) is 5.56 Å². The van der Waals surface area contributed by atoms with E-state index in [-0.39, 0.29) is 12.4 Å². The largest absolute Gasteiger partial charge is 0.457 e. The van der Waals surface area contributed by atoms with Crippen molar-refractivity contribution in [2.75, 3.05) is 0 Å². The Kier molecular flexibility index (Phi) is 4.70. The molecule has 6 heteroatoms. The summed E-state index contributed by atoms with van der Waals surface area (Å²) in [6.07, 6.45) is 0. The SMILES string of the molecule is NC(=O)c1ccc(C(=O)OCc2ccc(F)cc2Br)cc1. The van der Waals surface area contributed by atoms with Crippen molar-refractivity contribution in [3.8, 4) is 0 Å². The van der Waals surface area contributed by atoms with Crippen LogP contribution in [0.15, 0.2) is 46.9 Å². The standard InChI is InChI=1S/C15H11BrFNO3/c16-13-7-12(17)6-5-11(13)8-21-15(20)10-3-1-9(2-4-10)14(18)19/h1-7H,8H2,(H2,18,19). The highest BCUT2D eigenvalue weighted by Gasteiger charge is 2.10. The molecule has 0 saturated heterocycles. The molecule has 0 heterocycles. The number of ether oxygens (including phenoxy) is 1. The fourth-order valence-corrected chi connectivity index (χ4v) is 2.10. The molecule has 0 radical (unpaired) electrons. The summed E-state index contributed by atoms with van der Waals surface area (Å²) in [5.41, 5.74) is 6.38. The molecule has 2 N–H and O–H groups in total. The van der Waals surface area contributed by atoms with Crippen molar-refractivity contribution in [1.29, 1.82) is 0 Å². The maximum absolute atomic E-state index is 12.9. The van der Waals surface area contributed by atoms with Gasteiger partial charge in [-0.05, 0) is 36.4 Å². The first-order valence-corrected chi connectivity index (χ1v) is 6.77. The molecule has 108 valence electrons. The average molecular weight is 352 g/mol. The maximum atomic E-state index is 12.9. The zero-order valence-corrected chi connectivity index (χ0v) is 12.4. The van der Waals surface area contributed by atoms with Crippen LogP contribution in [0.25, 0.3) is 0 Å². The van der Waals surface area contributed by atoms with Gasteiger partial charge in [0, 0.05) is 15.6 Å². The van der Waals surface area contributed by atoms with Gasteiger partial charge in [-0.15, -0.1) is 0 Å². The average Bonchev–Trinajstić information content (AvgIpc) is 2.46. The number of carbonyl (C=O) groups excluding carboxylic acids is 2. The van der Waals surface area contributed by atoms with Crippen LogP contribution in [0.1, 0.15) is 26.3 Å². The maximum Gasteiger partial charge on any atom is 0.338 e. The van der Waals surface area contributed by atoms with Gasteiger partial charge in [-0.25, -0.2) is 9.18 Å². The highest BCUT2D eigenvalue weighted by Crippen LogP contribution is 2.19. The van der Waals surface area contributed by atoms with Gasteiger partial charge in [0.15, 0.2) is 0 Å². The second-order valence-corrected chi connectivity index (χ2v) is 5.11. The normalized spacial score (nSPS) is 10.2. The number of hydrogen-bond acceptors (Lipinski definition) is 3. The van der Waals surface area contributed by atoms with Gasteiger partial charge in [-0.1, -0.05) is 22.0 Å². The summed E-state index contributed by atoms with van der Waals surface area (Å²) in [5, 5.41) is 0. The molecular formula is C15H11BrFNO3. The predicted molar refractivity (Wildman–Crippen MR) is 78.2 cm³/mol. The topological polar surface area (TPSA) is 69.4 Å². The quantitative estimate of drug-likeness (QED) is 0.860. The number of halogens is 2. The summed E-state index contributed by atoms with van der Waals surface area (Å²) >= 11 is 3.20. The minimum Gasteiger partial charge on any atom is -0.457 e. The molecule has 2 aromatic rings. The third-order valence-corrected chi connectivity index (χ3v) is 3.52. The van der Waals surface area contributed by atoms with Gasteiger partial charge in [0.25, 0.3) is 0 Å². The summed E-state index contributed by atoms with van der Waals surface area (Å²) < 4.78 is 18.6. The lowest BCUT2D eigenvalue weighted by Crippen LogP contribution is -2.11. The molecule has 0 aliphatic rings. The lowest BCUT2D eigenvalue weighted by molar-refractivity contribution is 0.0471. The molecule has 4 nitrogen and oxygen atoms in total. The van der Waals surface area contributed by atoms with Crippen molar-refractivity contribution in [2.24, 2.45) is 5.73 Å². The Balaban J connectivity index is 2.02. The molecule has 0 aromatic heterocycles. The van der Waals surface area contributed by atoms with Gasteiger partial charge in [0.2, 0.25) is 5.91 Å². The number of benzene rings is 2. The highest BCUT2D eigenvalue weighted by molar-refractivity contribution is 9.10. The first kappa shape index (κ1) is 15.2. The molecule has 0 aliphatic heterocycles. The van der Waals surface area contributed by atoms with E-state index < -0.39 is 11.9 Å². The van der Waals surface area contributed by atoms with Crippen LogP contribution >= 0.6 is 15.9 Å². The molecular weight excluding hydrogens is 341 g/mol. The van der Waals surface area contributed by atoms with Crippen LogP contribution in [0.2, 0.25) is 0 Å². The summed E-state index contributed by atoms with van der Waals surface area (Å²) in [6.45, 7) is 0.0112. The third-order valence-electron chi connectivity index (χ3n) is 2.78. The smallest absolute Gasteiger partial charge is 0.338 e. The number of amides is 1. The molecule has 0 spiro atoms. The van der Waals surface area contributed by atoms with E-state index in [2.05, 4.69) is 15.9 Å². The molecule has 0 unspecified atom stereocenters. The van der Waals surface area contributed by atoms with Gasteiger partial charge >= 0.3 is 5.97 Å². The van der Waals surface area contributed by atoms with Gasteiger partial charge in [-0.3, -0.25) is 4.79 Å². The second-order valence-electron chi connectivity index (χ2n) is 4.25. The second kappa shape index (κ2) is 6.49. The van der Waals surface area contributed by atoms with E-state index in [0.29, 0.717) is 21.2 Å². The summed E-state index contributed by atoms with van der Waals surface area (Å²) in [4.78, 5) is 22.8. The van der Waals surface area contributed by atoms with E-state index in [1.165, 1.54) is 42.5 Å². The number of esters is 1. The highest BCUT2D eigenvalue weighted by atomic mass is 79.9. The Labute approximate surface area is 128 Å². The van der Waals surface area contributed by atoms with E-state index in [1.807, 2.05) is 0 Å². The number of rotatable bonds is 4. The molecule has 0 fully saturated rings. The molecule has 0 atom stereocenters. The van der Waals surface area contributed by atoms with Crippen LogP contribution in [0.4, 0.5) is 4.39 Å². The van der Waals surface area contributed by atoms with Crippen LogP contribution in [-0.2, 0) is 11.3 Å². The monoisotopic (exact) mass is 351 g/mol. The van der Waals surface area contributed by atoms with Gasteiger partial charge in [0.1, 0.15) is 12.4 Å². The van der Waals surface area contributed by atoms with Crippen molar-refractivity contribution >= 4 is 27.8 Å². The fraction of sp³-hybridized carbons (Fsp3) is 0.0667. The summed E-state index contributed by atoms with van der Waals surface area (Å²) in [6, 6.07) is 9.94. The van der Waals surface area contributed by atoms with Crippen LogP contribution in [0.5, 0.6) is 0 Å². The van der Waals surface area contributed by atoms with Crippen LogP contribution in [0.3, 0.4) is 0 Å². The number of primary amides is 1. The zero-order chi connectivity index (χ0) is 15.4. The summed E-state index contributed by atoms with van der Waals surface area (Å²) in [5.74, 6) is -1.48. The zero-order valence-electron chi connectivity index (χ0n) is 10.8. The molecule has 2 rings (SSSR count). The lowest BCUT2D eigenvalue weighted by Gasteiger charge is -2.07. The molecule has 0 saturated carbocycles. The fourth-order valence-electron chi connectivity index (χ4n) is 1.64. The Hall–Kier alpha value is -2.21. The van der Waals surface area contributed by atoms with E-state index in [0.717, 1.165) is 0 Å². The Morgan fingerprint density at radius 1 is 1.10 bits per heavy atom. The number of hydrogen-bond donors (Lipinski definition) is 1. The number of carbonyl (C=O) groups is 2. The van der Waals surface area contributed by atoms with Gasteiger partial charge in [-0.2, -0.15) is 0 Å². The van der Waals surface area contributed by atoms with Crippen LogP contribution in [0, 0.1) is 5.82 Å². The van der Waals surface area contributed by atoms with Crippen LogP contribution in [-0.4, -0.2) is 11.9 Å². The molecule has 0 aliphatic carbocycles. The Morgan fingerprint density at radius 2 is 1.71 bits per heavy atom. The number of nitrogens with two attached hydrogens (primary N) is 1. The van der Waals surface area contributed by atoms with Crippen molar-refractivity contribution in [3.63, 3.8) is 0 Å². The minimum atomic E-state index is -0.565. The Morgan fingerprint density at radius 3 is 2.29 bits per heavy atom. The van der Waals surface area contributed by atoms with Crippen molar-refractivity contribution in [1.82, 2.24) is 0 Å². The molecule has 0 bridgehead atoms. The molecule has 21 heavy (non-hydrogen) atoms. The predicted octanol–water partition coefficient (Wildman–Crippen LogP) is 3.04. The minimum absolute atomic E-state index is 0.0112. The lowest BCUT2D eigenvalue weighted by atomic mass is 10.1. The van der Waals surface area contributed by atoms with E-state index in [4.69, 9.17) is 10.5 Å². The van der Waals surface area contributed by atoms with E-state index >= 15 is 0 Å². The van der Waals surface area contributed by atoms with Gasteiger partial charge < -0.3 is 10.5 Å². The van der Waals surface area contributed by atoms with E-state index in [1.54, 1.807) is 0 Å².